The van der Waals surface area contributed by atoms with Crippen LogP contribution >= 0.6 is 0 Å². The number of amides is 1. The highest BCUT2D eigenvalue weighted by atomic mass is 16.2. The number of carbonyl (C=O) groups is 1. The van der Waals surface area contributed by atoms with Crippen molar-refractivity contribution in [2.75, 3.05) is 7.05 Å². The van der Waals surface area contributed by atoms with Gasteiger partial charge in [0.1, 0.15) is 0 Å². The molecule has 1 heterocycles. The van der Waals surface area contributed by atoms with Crippen molar-refractivity contribution in [3.63, 3.8) is 0 Å². The van der Waals surface area contributed by atoms with E-state index in [2.05, 4.69) is 35.9 Å². The lowest BCUT2D eigenvalue weighted by molar-refractivity contribution is -0.132. The number of para-hydroxylation sites is 1. The fourth-order valence-corrected chi connectivity index (χ4v) is 2.85. The second-order valence-electron chi connectivity index (χ2n) is 5.90. The maximum atomic E-state index is 12.3. The third-order valence-corrected chi connectivity index (χ3v) is 4.56. The van der Waals surface area contributed by atoms with Crippen LogP contribution in [0.3, 0.4) is 0 Å². The van der Waals surface area contributed by atoms with Gasteiger partial charge in [-0.15, -0.1) is 0 Å². The number of carbonyl (C=O) groups excluding carboxylic acids is 1. The van der Waals surface area contributed by atoms with Gasteiger partial charge in [-0.1, -0.05) is 18.2 Å². The maximum absolute atomic E-state index is 12.3. The Balaban J connectivity index is 1.62. The molecule has 1 aliphatic carbocycles. The molecule has 3 rings (SSSR count). The molecule has 1 aromatic heterocycles. The van der Waals surface area contributed by atoms with Crippen LogP contribution in [0, 0.1) is 5.92 Å². The van der Waals surface area contributed by atoms with Crippen LogP contribution < -0.4 is 0 Å². The van der Waals surface area contributed by atoms with E-state index in [1.54, 1.807) is 0 Å². The topological polar surface area (TPSA) is 25.2 Å². The summed E-state index contributed by atoms with van der Waals surface area (Å²) >= 11 is 0. The molecule has 2 aromatic rings. The Labute approximate surface area is 120 Å². The third kappa shape index (κ3) is 2.58. The molecule has 0 saturated heterocycles. The molecule has 0 bridgehead atoms. The first kappa shape index (κ1) is 13.2. The molecule has 1 aromatic carbocycles. The molecule has 3 heteroatoms. The Bertz CT molecular complexity index is 612. The summed E-state index contributed by atoms with van der Waals surface area (Å²) < 4.78 is 2.17. The minimum absolute atomic E-state index is 0.252. The van der Waals surface area contributed by atoms with Gasteiger partial charge in [-0.25, -0.2) is 0 Å². The predicted octanol–water partition coefficient (Wildman–Crippen LogP) is 3.29. The lowest BCUT2D eigenvalue weighted by atomic mass is 10.2. The highest BCUT2D eigenvalue weighted by molar-refractivity contribution is 5.80. The van der Waals surface area contributed by atoms with Crippen LogP contribution in [0.2, 0.25) is 0 Å². The summed E-state index contributed by atoms with van der Waals surface area (Å²) in [6.07, 6.45) is 5.20. The van der Waals surface area contributed by atoms with Crippen molar-refractivity contribution >= 4 is 16.8 Å². The second kappa shape index (κ2) is 5.31. The highest BCUT2D eigenvalue weighted by Crippen LogP contribution is 2.34. The minimum Gasteiger partial charge on any atom is -0.347 e. The molecule has 1 aliphatic rings. The van der Waals surface area contributed by atoms with Gasteiger partial charge in [-0.2, -0.15) is 0 Å². The summed E-state index contributed by atoms with van der Waals surface area (Å²) in [6.45, 7) is 2.93. The van der Waals surface area contributed by atoms with Crippen LogP contribution in [-0.2, 0) is 11.3 Å². The van der Waals surface area contributed by atoms with Crippen molar-refractivity contribution < 1.29 is 4.79 Å². The molecule has 1 saturated carbocycles. The van der Waals surface area contributed by atoms with E-state index in [0.29, 0.717) is 12.5 Å². The zero-order valence-electron chi connectivity index (χ0n) is 12.2. The first-order valence-corrected chi connectivity index (χ1v) is 7.46. The van der Waals surface area contributed by atoms with Crippen molar-refractivity contribution in [1.29, 1.82) is 0 Å². The number of nitrogens with zero attached hydrogens (tertiary/aromatic N) is 2. The van der Waals surface area contributed by atoms with Gasteiger partial charge < -0.3 is 9.47 Å². The van der Waals surface area contributed by atoms with E-state index in [-0.39, 0.29) is 5.91 Å². The number of benzene rings is 1. The molecule has 1 amide bonds. The second-order valence-corrected chi connectivity index (χ2v) is 5.90. The Morgan fingerprint density at radius 2 is 2.10 bits per heavy atom. The number of rotatable bonds is 5. The molecule has 1 unspecified atom stereocenters. The first-order chi connectivity index (χ1) is 9.66. The molecule has 1 atom stereocenters. The van der Waals surface area contributed by atoms with E-state index in [0.717, 1.165) is 12.5 Å². The Hall–Kier alpha value is -1.77. The summed E-state index contributed by atoms with van der Waals surface area (Å²) in [7, 11) is 1.94. The molecule has 3 nitrogen and oxygen atoms in total. The highest BCUT2D eigenvalue weighted by Gasteiger charge is 2.32. The van der Waals surface area contributed by atoms with Gasteiger partial charge in [0, 0.05) is 37.8 Å². The van der Waals surface area contributed by atoms with Crippen LogP contribution in [0.4, 0.5) is 0 Å². The third-order valence-electron chi connectivity index (χ3n) is 4.56. The zero-order chi connectivity index (χ0) is 14.1. The SMILES string of the molecule is CC(C1CC1)N(C)C(=O)CCn1ccc2ccccc21. The number of fused-ring (bicyclic) bond motifs is 1. The van der Waals surface area contributed by atoms with E-state index >= 15 is 0 Å². The fourth-order valence-electron chi connectivity index (χ4n) is 2.85. The molecule has 0 radical (unpaired) electrons. The normalized spacial score (nSPS) is 16.3. The standard InChI is InChI=1S/C17H22N2O/c1-13(14-7-8-14)18(2)17(20)10-12-19-11-9-15-5-3-4-6-16(15)19/h3-6,9,11,13-14H,7-8,10,12H2,1-2H3. The summed E-state index contributed by atoms with van der Waals surface area (Å²) in [5.41, 5.74) is 1.21. The van der Waals surface area contributed by atoms with Crippen LogP contribution in [0.15, 0.2) is 36.5 Å². The smallest absolute Gasteiger partial charge is 0.224 e. The van der Waals surface area contributed by atoms with Gasteiger partial charge >= 0.3 is 0 Å². The number of aromatic nitrogens is 1. The first-order valence-electron chi connectivity index (χ1n) is 7.46. The van der Waals surface area contributed by atoms with Gasteiger partial charge in [0.2, 0.25) is 5.91 Å². The minimum atomic E-state index is 0.252. The predicted molar refractivity (Wildman–Crippen MR) is 81.5 cm³/mol. The van der Waals surface area contributed by atoms with E-state index in [4.69, 9.17) is 0 Å². The molecular weight excluding hydrogens is 248 g/mol. The zero-order valence-corrected chi connectivity index (χ0v) is 12.2. The molecule has 0 N–H and O–H groups in total. The fraction of sp³-hybridized carbons (Fsp3) is 0.471. The van der Waals surface area contributed by atoms with Crippen molar-refractivity contribution in [3.8, 4) is 0 Å². The van der Waals surface area contributed by atoms with E-state index in [1.165, 1.54) is 23.7 Å². The average Bonchev–Trinajstić information content (AvgIpc) is 3.24. The monoisotopic (exact) mass is 270 g/mol. The Morgan fingerprint density at radius 1 is 1.35 bits per heavy atom. The van der Waals surface area contributed by atoms with Crippen molar-refractivity contribution in [2.45, 2.75) is 38.8 Å². The average molecular weight is 270 g/mol. The molecular formula is C17H22N2O. The largest absolute Gasteiger partial charge is 0.347 e. The number of aryl methyl sites for hydroxylation is 1. The summed E-state index contributed by atoms with van der Waals surface area (Å²) in [5.74, 6) is 0.985. The van der Waals surface area contributed by atoms with Crippen molar-refractivity contribution in [2.24, 2.45) is 5.92 Å². The number of hydrogen-bond acceptors (Lipinski definition) is 1. The van der Waals surface area contributed by atoms with Gasteiger partial charge in [0.15, 0.2) is 0 Å². The summed E-state index contributed by atoms with van der Waals surface area (Å²) in [4.78, 5) is 14.2. The maximum Gasteiger partial charge on any atom is 0.224 e. The Kier molecular flexibility index (Phi) is 3.51. The summed E-state index contributed by atoms with van der Waals surface area (Å²) in [5, 5.41) is 1.24. The molecule has 0 aliphatic heterocycles. The summed E-state index contributed by atoms with van der Waals surface area (Å²) in [6, 6.07) is 10.8. The molecule has 20 heavy (non-hydrogen) atoms. The van der Waals surface area contributed by atoms with Crippen LogP contribution in [-0.4, -0.2) is 28.5 Å². The van der Waals surface area contributed by atoms with Gasteiger partial charge in [-0.05, 0) is 43.2 Å². The van der Waals surface area contributed by atoms with Gasteiger partial charge in [-0.3, -0.25) is 4.79 Å². The molecule has 1 fully saturated rings. The Morgan fingerprint density at radius 3 is 2.85 bits per heavy atom. The van der Waals surface area contributed by atoms with Crippen LogP contribution in [0.5, 0.6) is 0 Å². The van der Waals surface area contributed by atoms with Crippen molar-refractivity contribution in [1.82, 2.24) is 9.47 Å². The lowest BCUT2D eigenvalue weighted by Gasteiger charge is -2.25. The van der Waals surface area contributed by atoms with Crippen LogP contribution in [0.1, 0.15) is 26.2 Å². The van der Waals surface area contributed by atoms with Gasteiger partial charge in [0.05, 0.1) is 0 Å². The van der Waals surface area contributed by atoms with E-state index in [1.807, 2.05) is 24.1 Å². The quantitative estimate of drug-likeness (QED) is 0.818. The van der Waals surface area contributed by atoms with Gasteiger partial charge in [0.25, 0.3) is 0 Å². The van der Waals surface area contributed by atoms with Crippen LogP contribution in [0.25, 0.3) is 10.9 Å². The van der Waals surface area contributed by atoms with E-state index < -0.39 is 0 Å². The lowest BCUT2D eigenvalue weighted by Crippen LogP contribution is -2.36. The van der Waals surface area contributed by atoms with Crippen molar-refractivity contribution in [3.05, 3.63) is 36.5 Å². The molecule has 106 valence electrons. The number of hydrogen-bond donors (Lipinski definition) is 0. The molecule has 0 spiro atoms. The van der Waals surface area contributed by atoms with E-state index in [9.17, 15) is 4.79 Å².